The summed E-state index contributed by atoms with van der Waals surface area (Å²) in [6.45, 7) is 7.83. The summed E-state index contributed by atoms with van der Waals surface area (Å²) < 4.78 is 5.31. The maximum absolute atomic E-state index is 9.12. The van der Waals surface area contributed by atoms with Gasteiger partial charge < -0.3 is 9.84 Å². The topological polar surface area (TPSA) is 29.5 Å². The molecule has 0 unspecified atom stereocenters. The number of ether oxygens (including phenoxy) is 1. The highest BCUT2D eigenvalue weighted by Crippen LogP contribution is 2.25. The van der Waals surface area contributed by atoms with Gasteiger partial charge >= 0.3 is 0 Å². The van der Waals surface area contributed by atoms with Gasteiger partial charge in [0.15, 0.2) is 0 Å². The normalized spacial score (nSPS) is 12.0. The molecule has 0 atom stereocenters. The van der Waals surface area contributed by atoms with Gasteiger partial charge in [0, 0.05) is 12.0 Å². The van der Waals surface area contributed by atoms with Crippen molar-refractivity contribution < 1.29 is 9.84 Å². The monoisotopic (exact) mass is 160 g/mol. The zero-order valence-corrected chi connectivity index (χ0v) is 7.89. The molecule has 0 aromatic rings. The molecule has 0 bridgehead atoms. The lowest BCUT2D eigenvalue weighted by Gasteiger charge is -2.28. The molecule has 0 fully saturated rings. The minimum Gasteiger partial charge on any atom is -0.396 e. The molecule has 0 rings (SSSR count). The van der Waals surface area contributed by atoms with Gasteiger partial charge in [0.05, 0.1) is 13.2 Å². The lowest BCUT2D eigenvalue weighted by molar-refractivity contribution is 0.00586. The van der Waals surface area contributed by atoms with E-state index in [9.17, 15) is 0 Å². The quantitative estimate of drug-likeness (QED) is 0.642. The van der Waals surface area contributed by atoms with Gasteiger partial charge in [0.1, 0.15) is 0 Å². The van der Waals surface area contributed by atoms with Crippen LogP contribution in [0.25, 0.3) is 0 Å². The van der Waals surface area contributed by atoms with Gasteiger partial charge in [-0.3, -0.25) is 0 Å². The SMILES string of the molecule is CCOCC(CC)(CC)CO. The van der Waals surface area contributed by atoms with E-state index in [2.05, 4.69) is 13.8 Å². The minimum atomic E-state index is 0.00993. The molecule has 0 aliphatic rings. The Hall–Kier alpha value is -0.0800. The maximum atomic E-state index is 9.12. The second-order valence-electron chi connectivity index (χ2n) is 3.00. The van der Waals surface area contributed by atoms with Crippen LogP contribution in [0, 0.1) is 5.41 Å². The van der Waals surface area contributed by atoms with Gasteiger partial charge in [-0.25, -0.2) is 0 Å². The lowest BCUT2D eigenvalue weighted by Crippen LogP contribution is -2.29. The van der Waals surface area contributed by atoms with Crippen LogP contribution < -0.4 is 0 Å². The van der Waals surface area contributed by atoms with Gasteiger partial charge in [-0.2, -0.15) is 0 Å². The Morgan fingerprint density at radius 3 is 2.00 bits per heavy atom. The Labute approximate surface area is 69.6 Å². The molecule has 0 heterocycles. The van der Waals surface area contributed by atoms with Gasteiger partial charge in [0.2, 0.25) is 0 Å². The second-order valence-corrected chi connectivity index (χ2v) is 3.00. The van der Waals surface area contributed by atoms with Gasteiger partial charge in [0.25, 0.3) is 0 Å². The first-order valence-corrected chi connectivity index (χ1v) is 4.43. The van der Waals surface area contributed by atoms with Crippen molar-refractivity contribution in [3.05, 3.63) is 0 Å². The van der Waals surface area contributed by atoms with E-state index in [0.717, 1.165) is 19.4 Å². The molecule has 0 radical (unpaired) electrons. The van der Waals surface area contributed by atoms with E-state index in [0.29, 0.717) is 6.61 Å². The highest BCUT2D eigenvalue weighted by atomic mass is 16.5. The van der Waals surface area contributed by atoms with Crippen molar-refractivity contribution in [1.29, 1.82) is 0 Å². The third kappa shape index (κ3) is 3.21. The molecule has 0 aliphatic carbocycles. The Bertz CT molecular complexity index is 79.3. The van der Waals surface area contributed by atoms with E-state index in [-0.39, 0.29) is 12.0 Å². The molecule has 0 spiro atoms. The Balaban J connectivity index is 3.84. The highest BCUT2D eigenvalue weighted by molar-refractivity contribution is 4.74. The minimum absolute atomic E-state index is 0.00993. The van der Waals surface area contributed by atoms with Gasteiger partial charge in [-0.05, 0) is 19.8 Å². The Kier molecular flexibility index (Phi) is 5.51. The second kappa shape index (κ2) is 5.56. The van der Waals surface area contributed by atoms with E-state index in [1.54, 1.807) is 0 Å². The number of hydrogen-bond acceptors (Lipinski definition) is 2. The average Bonchev–Trinajstić information content (AvgIpc) is 2.08. The van der Waals surface area contributed by atoms with Crippen LogP contribution in [-0.4, -0.2) is 24.9 Å². The number of hydrogen-bond donors (Lipinski definition) is 1. The number of aliphatic hydroxyl groups excluding tert-OH is 1. The zero-order valence-electron chi connectivity index (χ0n) is 7.89. The molecular formula is C9H20O2. The zero-order chi connectivity index (χ0) is 8.74. The molecule has 68 valence electrons. The fourth-order valence-corrected chi connectivity index (χ4v) is 1.04. The van der Waals surface area contributed by atoms with E-state index in [1.807, 2.05) is 6.92 Å². The first-order valence-electron chi connectivity index (χ1n) is 4.43. The van der Waals surface area contributed by atoms with Gasteiger partial charge in [-0.15, -0.1) is 0 Å². The molecular weight excluding hydrogens is 140 g/mol. The maximum Gasteiger partial charge on any atom is 0.0544 e. The largest absolute Gasteiger partial charge is 0.396 e. The van der Waals surface area contributed by atoms with Crippen molar-refractivity contribution >= 4 is 0 Å². The van der Waals surface area contributed by atoms with Crippen LogP contribution in [0.15, 0.2) is 0 Å². The molecule has 0 saturated carbocycles. The third-order valence-corrected chi connectivity index (χ3v) is 2.45. The summed E-state index contributed by atoms with van der Waals surface area (Å²) in [6, 6.07) is 0. The molecule has 2 heteroatoms. The predicted octanol–water partition coefficient (Wildman–Crippen LogP) is 1.82. The van der Waals surface area contributed by atoms with E-state index in [1.165, 1.54) is 0 Å². The molecule has 11 heavy (non-hydrogen) atoms. The smallest absolute Gasteiger partial charge is 0.0544 e. The average molecular weight is 160 g/mol. The molecule has 0 amide bonds. The summed E-state index contributed by atoms with van der Waals surface area (Å²) in [5, 5.41) is 9.12. The van der Waals surface area contributed by atoms with Crippen LogP contribution in [0.2, 0.25) is 0 Å². The van der Waals surface area contributed by atoms with Crippen molar-refractivity contribution in [2.45, 2.75) is 33.6 Å². The Morgan fingerprint density at radius 2 is 1.73 bits per heavy atom. The Morgan fingerprint density at radius 1 is 1.18 bits per heavy atom. The summed E-state index contributed by atoms with van der Waals surface area (Å²) in [6.07, 6.45) is 1.97. The lowest BCUT2D eigenvalue weighted by atomic mass is 9.84. The van der Waals surface area contributed by atoms with Crippen LogP contribution >= 0.6 is 0 Å². The standard InChI is InChI=1S/C9H20O2/c1-4-9(5-2,7-10)8-11-6-3/h10H,4-8H2,1-3H3. The molecule has 0 saturated heterocycles. The third-order valence-electron chi connectivity index (χ3n) is 2.45. The summed E-state index contributed by atoms with van der Waals surface area (Å²) >= 11 is 0. The summed E-state index contributed by atoms with van der Waals surface area (Å²) in [5.41, 5.74) is 0.00993. The van der Waals surface area contributed by atoms with Crippen molar-refractivity contribution in [3.63, 3.8) is 0 Å². The molecule has 0 aromatic carbocycles. The van der Waals surface area contributed by atoms with Crippen molar-refractivity contribution in [3.8, 4) is 0 Å². The van der Waals surface area contributed by atoms with Crippen LogP contribution in [0.4, 0.5) is 0 Å². The summed E-state index contributed by atoms with van der Waals surface area (Å²) in [7, 11) is 0. The van der Waals surface area contributed by atoms with Crippen molar-refractivity contribution in [2.75, 3.05) is 19.8 Å². The number of aliphatic hydroxyl groups is 1. The fraction of sp³-hybridized carbons (Fsp3) is 1.00. The first kappa shape index (κ1) is 10.9. The molecule has 0 aromatic heterocycles. The van der Waals surface area contributed by atoms with Crippen LogP contribution in [0.3, 0.4) is 0 Å². The van der Waals surface area contributed by atoms with Crippen LogP contribution in [0.5, 0.6) is 0 Å². The van der Waals surface area contributed by atoms with Gasteiger partial charge in [-0.1, -0.05) is 13.8 Å². The molecule has 0 aliphatic heterocycles. The summed E-state index contributed by atoms with van der Waals surface area (Å²) in [4.78, 5) is 0. The highest BCUT2D eigenvalue weighted by Gasteiger charge is 2.24. The fourth-order valence-electron chi connectivity index (χ4n) is 1.04. The van der Waals surface area contributed by atoms with Crippen molar-refractivity contribution in [1.82, 2.24) is 0 Å². The molecule has 1 N–H and O–H groups in total. The first-order chi connectivity index (χ1) is 5.24. The summed E-state index contributed by atoms with van der Waals surface area (Å²) in [5.74, 6) is 0. The van der Waals surface area contributed by atoms with E-state index < -0.39 is 0 Å². The van der Waals surface area contributed by atoms with Crippen LogP contribution in [0.1, 0.15) is 33.6 Å². The van der Waals surface area contributed by atoms with E-state index >= 15 is 0 Å². The van der Waals surface area contributed by atoms with Crippen LogP contribution in [-0.2, 0) is 4.74 Å². The molecule has 2 nitrogen and oxygen atoms in total. The number of rotatable bonds is 6. The van der Waals surface area contributed by atoms with E-state index in [4.69, 9.17) is 9.84 Å². The van der Waals surface area contributed by atoms with Crippen molar-refractivity contribution in [2.24, 2.45) is 5.41 Å². The predicted molar refractivity (Wildman–Crippen MR) is 46.6 cm³/mol.